The number of ketones is 1. The van der Waals surface area contributed by atoms with Crippen LogP contribution in [0, 0.1) is 33.5 Å². The predicted octanol–water partition coefficient (Wildman–Crippen LogP) is 6.73. The van der Waals surface area contributed by atoms with E-state index in [1.807, 2.05) is 26.8 Å². The van der Waals surface area contributed by atoms with Crippen molar-refractivity contribution in [1.29, 1.82) is 0 Å². The van der Waals surface area contributed by atoms with Crippen molar-refractivity contribution in [3.8, 4) is 0 Å². The molecule has 3 fully saturated rings. The van der Waals surface area contributed by atoms with E-state index in [2.05, 4.69) is 52.9 Å². The Bertz CT molecular complexity index is 1130. The summed E-state index contributed by atoms with van der Waals surface area (Å²) in [6.07, 6.45) is 5.56. The van der Waals surface area contributed by atoms with Crippen molar-refractivity contribution in [3.05, 3.63) is 24.0 Å². The van der Waals surface area contributed by atoms with Crippen LogP contribution in [-0.4, -0.2) is 44.5 Å². The van der Waals surface area contributed by atoms with Crippen LogP contribution in [0.3, 0.4) is 0 Å². The molecule has 4 aliphatic rings. The molecule has 1 saturated heterocycles. The van der Waals surface area contributed by atoms with Gasteiger partial charge in [-0.1, -0.05) is 33.8 Å². The minimum Gasteiger partial charge on any atom is -0.544 e. The molecular weight excluding hydrogens is 524 g/mol. The van der Waals surface area contributed by atoms with Gasteiger partial charge in [0.15, 0.2) is 5.78 Å². The van der Waals surface area contributed by atoms with Crippen LogP contribution in [0.15, 0.2) is 24.0 Å². The van der Waals surface area contributed by atoms with Gasteiger partial charge < -0.3 is 18.6 Å². The van der Waals surface area contributed by atoms with Gasteiger partial charge in [0.2, 0.25) is 14.6 Å². The third-order valence-electron chi connectivity index (χ3n) is 10.1. The van der Waals surface area contributed by atoms with E-state index in [0.29, 0.717) is 6.42 Å². The van der Waals surface area contributed by atoms with E-state index in [4.69, 9.17) is 18.6 Å². The second-order valence-corrected chi connectivity index (χ2v) is 20.7. The maximum Gasteiger partial charge on any atom is 0.313 e. The number of hydrogen-bond donors (Lipinski definition) is 0. The van der Waals surface area contributed by atoms with Crippen LogP contribution in [0.5, 0.6) is 0 Å². The first-order chi connectivity index (χ1) is 18.1. The molecule has 0 amide bonds. The van der Waals surface area contributed by atoms with Gasteiger partial charge in [0.25, 0.3) is 0 Å². The van der Waals surface area contributed by atoms with Gasteiger partial charge in [0.1, 0.15) is 11.5 Å². The molecule has 1 aliphatic heterocycles. The van der Waals surface area contributed by atoms with E-state index in [9.17, 15) is 14.4 Å². The third kappa shape index (κ3) is 4.81. The van der Waals surface area contributed by atoms with Crippen molar-refractivity contribution in [2.75, 3.05) is 0 Å². The van der Waals surface area contributed by atoms with Crippen molar-refractivity contribution in [2.45, 2.75) is 125 Å². The zero-order valence-corrected chi connectivity index (χ0v) is 27.6. The molecule has 1 heterocycles. The van der Waals surface area contributed by atoms with Gasteiger partial charge >= 0.3 is 11.9 Å². The molecule has 2 bridgehead atoms. The molecule has 0 radical (unpaired) electrons. The molecule has 0 aromatic rings. The maximum absolute atomic E-state index is 14.0. The summed E-state index contributed by atoms with van der Waals surface area (Å²) in [5.41, 5.74) is -3.19. The first-order valence-electron chi connectivity index (χ1n) is 14.8. The quantitative estimate of drug-likeness (QED) is 0.266. The Labute approximate surface area is 241 Å². The average Bonchev–Trinajstić information content (AvgIpc) is 3.26. The van der Waals surface area contributed by atoms with E-state index >= 15 is 0 Å². The number of carbonyl (C=O) groups excluding carboxylic acids is 3. The molecule has 0 aromatic carbocycles. The lowest BCUT2D eigenvalue weighted by Crippen LogP contribution is -2.62. The molecular formula is C32H50O7Si. The highest BCUT2D eigenvalue weighted by atomic mass is 28.4. The van der Waals surface area contributed by atoms with E-state index in [1.165, 1.54) is 0 Å². The fourth-order valence-electron chi connectivity index (χ4n) is 6.59. The number of Topliss-reactive ketones (excluding diaryl/α,β-unsaturated/α-hetero) is 1. The fraction of sp³-hybridized carbons (Fsp3) is 0.781. The molecule has 0 aromatic heterocycles. The van der Waals surface area contributed by atoms with E-state index in [-0.39, 0.29) is 35.0 Å². The summed E-state index contributed by atoms with van der Waals surface area (Å²) in [6.45, 7) is 24.0. The summed E-state index contributed by atoms with van der Waals surface area (Å²) in [4.78, 5) is 40.4. The van der Waals surface area contributed by atoms with Gasteiger partial charge in [0.05, 0.1) is 22.7 Å². The number of allylic oxidation sites excluding steroid dienone is 3. The summed E-state index contributed by atoms with van der Waals surface area (Å²) in [5.74, 6) is -0.363. The van der Waals surface area contributed by atoms with Gasteiger partial charge in [0, 0.05) is 17.8 Å². The highest BCUT2D eigenvalue weighted by Gasteiger charge is 2.78. The molecule has 0 unspecified atom stereocenters. The van der Waals surface area contributed by atoms with Crippen molar-refractivity contribution in [3.63, 3.8) is 0 Å². The SMILES string of the molecule is CC[C@]12C=C(O[Si](C)(C)C(C)(C)C)C=C[C@H]1[C@@H]1[C@H]3CC(=O)[C@@]1([C@H](OC(=O)C(C)(C)C)O3)[C@@H](OC(=O)C(C)(C)C)C2. The molecule has 4 rings (SSSR count). The number of hydrogen-bond acceptors (Lipinski definition) is 7. The van der Waals surface area contributed by atoms with Crippen LogP contribution in [-0.2, 0) is 33.0 Å². The van der Waals surface area contributed by atoms with Crippen LogP contribution < -0.4 is 0 Å². The fourth-order valence-corrected chi connectivity index (χ4v) is 7.61. The largest absolute Gasteiger partial charge is 0.544 e. The summed E-state index contributed by atoms with van der Waals surface area (Å²) >= 11 is 0. The standard InChI is InChI=1S/C32H50O7Si/c1-13-31-17-19(39-40(11,12)30(8,9)10)14-15-20(31)24-21-16-22(33)32(24,23(18-31)37-25(34)28(2,3)4)27(36-21)38-26(35)29(5,6)7/h14-15,17,20-21,23-24,27H,13,16,18H2,1-12H3/t20-,21+,23-,24+,27-,31+,32+/m0/s1. The zero-order valence-electron chi connectivity index (χ0n) is 26.6. The zero-order chi connectivity index (χ0) is 30.3. The predicted molar refractivity (Wildman–Crippen MR) is 155 cm³/mol. The van der Waals surface area contributed by atoms with Crippen molar-refractivity contribution in [1.82, 2.24) is 0 Å². The van der Waals surface area contributed by atoms with Crippen molar-refractivity contribution >= 4 is 26.0 Å². The summed E-state index contributed by atoms with van der Waals surface area (Å²) in [7, 11) is -2.10. The lowest BCUT2D eigenvalue weighted by molar-refractivity contribution is -0.231. The molecule has 2 saturated carbocycles. The van der Waals surface area contributed by atoms with Gasteiger partial charge in [-0.3, -0.25) is 14.4 Å². The van der Waals surface area contributed by atoms with Crippen LogP contribution in [0.2, 0.25) is 18.1 Å². The molecule has 7 nitrogen and oxygen atoms in total. The second-order valence-electron chi connectivity index (χ2n) is 16.0. The lowest BCUT2D eigenvalue weighted by atomic mass is 9.50. The molecule has 0 spiro atoms. The topological polar surface area (TPSA) is 88.1 Å². The van der Waals surface area contributed by atoms with E-state index in [1.54, 1.807) is 20.8 Å². The van der Waals surface area contributed by atoms with Gasteiger partial charge in [-0.25, -0.2) is 0 Å². The summed E-state index contributed by atoms with van der Waals surface area (Å²) in [6, 6.07) is 0. The maximum atomic E-state index is 14.0. The van der Waals surface area contributed by atoms with Gasteiger partial charge in [-0.15, -0.1) is 0 Å². The molecule has 3 aliphatic carbocycles. The van der Waals surface area contributed by atoms with Gasteiger partial charge in [-0.05, 0) is 90.6 Å². The van der Waals surface area contributed by atoms with E-state index in [0.717, 1.165) is 12.2 Å². The van der Waals surface area contributed by atoms with Crippen LogP contribution in [0.25, 0.3) is 0 Å². The van der Waals surface area contributed by atoms with E-state index < -0.39 is 54.4 Å². The number of ether oxygens (including phenoxy) is 3. The number of fused-ring (bicyclic) bond motifs is 1. The monoisotopic (exact) mass is 574 g/mol. The van der Waals surface area contributed by atoms with Crippen LogP contribution in [0.4, 0.5) is 0 Å². The number of esters is 2. The minimum absolute atomic E-state index is 0.0360. The molecule has 224 valence electrons. The second kappa shape index (κ2) is 9.55. The smallest absolute Gasteiger partial charge is 0.313 e. The Kier molecular flexibility index (Phi) is 7.40. The number of rotatable bonds is 5. The third-order valence-corrected chi connectivity index (χ3v) is 14.4. The Morgan fingerprint density at radius 3 is 2.10 bits per heavy atom. The van der Waals surface area contributed by atoms with Crippen molar-refractivity contribution in [2.24, 2.45) is 33.5 Å². The first kappa shape index (κ1) is 31.0. The molecule has 0 N–H and O–H groups in total. The van der Waals surface area contributed by atoms with Crippen LogP contribution in [0.1, 0.15) is 88.5 Å². The average molecular weight is 575 g/mol. The highest BCUT2D eigenvalue weighted by Crippen LogP contribution is 2.68. The van der Waals surface area contributed by atoms with Crippen LogP contribution >= 0.6 is 0 Å². The Morgan fingerprint density at radius 1 is 1.00 bits per heavy atom. The number of carbonyl (C=O) groups is 3. The molecule has 7 atom stereocenters. The van der Waals surface area contributed by atoms with Gasteiger partial charge in [-0.2, -0.15) is 0 Å². The molecule has 40 heavy (non-hydrogen) atoms. The first-order valence-corrected chi connectivity index (χ1v) is 17.7. The Morgan fingerprint density at radius 2 is 1.57 bits per heavy atom. The summed E-state index contributed by atoms with van der Waals surface area (Å²) in [5, 5.41) is 0.0360. The summed E-state index contributed by atoms with van der Waals surface area (Å²) < 4.78 is 25.4. The van der Waals surface area contributed by atoms with Crippen molar-refractivity contribution < 1.29 is 33.0 Å². The Hall–Kier alpha value is -1.93. The normalized spacial score (nSPS) is 35.5. The molecule has 8 heteroatoms. The Balaban J connectivity index is 1.82. The lowest BCUT2D eigenvalue weighted by Gasteiger charge is -2.55. The highest BCUT2D eigenvalue weighted by molar-refractivity contribution is 6.74. The minimum atomic E-state index is -2.10.